The number of hydrogen-bond acceptors (Lipinski definition) is 3. The molecule has 2 rings (SSSR count). The van der Waals surface area contributed by atoms with Crippen molar-refractivity contribution < 1.29 is 9.53 Å². The van der Waals surface area contributed by atoms with E-state index in [1.54, 1.807) is 6.92 Å². The molecule has 0 N–H and O–H groups in total. The molecule has 4 nitrogen and oxygen atoms in total. The maximum atomic E-state index is 11.3. The summed E-state index contributed by atoms with van der Waals surface area (Å²) in [5, 5.41) is 5.38. The van der Waals surface area contributed by atoms with E-state index in [1.165, 1.54) is 11.9 Å². The molecule has 15 heavy (non-hydrogen) atoms. The third-order valence-electron chi connectivity index (χ3n) is 2.16. The van der Waals surface area contributed by atoms with Crippen molar-refractivity contribution in [3.05, 3.63) is 35.9 Å². The summed E-state index contributed by atoms with van der Waals surface area (Å²) in [6.07, 6.45) is -0.413. The highest BCUT2D eigenvalue weighted by atomic mass is 16.5. The van der Waals surface area contributed by atoms with Crippen LogP contribution in [0, 0.1) is 0 Å². The second kappa shape index (κ2) is 3.73. The summed E-state index contributed by atoms with van der Waals surface area (Å²) in [6, 6.07) is 9.56. The zero-order valence-electron chi connectivity index (χ0n) is 8.68. The third-order valence-corrected chi connectivity index (χ3v) is 2.16. The molecule has 1 atom stereocenters. The lowest BCUT2D eigenvalue weighted by Crippen LogP contribution is -2.25. The van der Waals surface area contributed by atoms with Crippen molar-refractivity contribution >= 4 is 11.8 Å². The number of rotatable bonds is 1. The second-order valence-electron chi connectivity index (χ2n) is 3.36. The minimum atomic E-state index is -0.413. The zero-order valence-corrected chi connectivity index (χ0v) is 8.68. The monoisotopic (exact) mass is 204 g/mol. The van der Waals surface area contributed by atoms with Crippen LogP contribution in [0.1, 0.15) is 25.6 Å². The molecule has 1 aromatic rings. The van der Waals surface area contributed by atoms with E-state index in [1.807, 2.05) is 30.3 Å². The lowest BCUT2D eigenvalue weighted by Gasteiger charge is -2.18. The number of carbonyl (C=O) groups is 1. The van der Waals surface area contributed by atoms with Gasteiger partial charge in [-0.2, -0.15) is 5.01 Å². The molecule has 1 aromatic carbocycles. The van der Waals surface area contributed by atoms with Crippen LogP contribution >= 0.6 is 0 Å². The summed E-state index contributed by atoms with van der Waals surface area (Å²) in [5.41, 5.74) is 0.924. The van der Waals surface area contributed by atoms with E-state index < -0.39 is 6.23 Å². The predicted octanol–water partition coefficient (Wildman–Crippen LogP) is 1.90. The molecule has 1 aliphatic rings. The Morgan fingerprint density at radius 2 is 2.07 bits per heavy atom. The summed E-state index contributed by atoms with van der Waals surface area (Å²) in [5.74, 6) is 0.389. The Labute approximate surface area is 88.2 Å². The van der Waals surface area contributed by atoms with E-state index in [0.717, 1.165) is 5.56 Å². The predicted molar refractivity (Wildman–Crippen MR) is 55.9 cm³/mol. The highest BCUT2D eigenvalue weighted by molar-refractivity contribution is 5.81. The van der Waals surface area contributed by atoms with Gasteiger partial charge in [0.2, 0.25) is 18.0 Å². The Morgan fingerprint density at radius 3 is 2.67 bits per heavy atom. The number of hydrogen-bond donors (Lipinski definition) is 0. The van der Waals surface area contributed by atoms with Gasteiger partial charge in [0.1, 0.15) is 0 Å². The first-order chi connectivity index (χ1) is 7.18. The van der Waals surface area contributed by atoms with Gasteiger partial charge in [-0.15, -0.1) is 5.10 Å². The van der Waals surface area contributed by atoms with Gasteiger partial charge in [0, 0.05) is 19.4 Å². The van der Waals surface area contributed by atoms with Crippen LogP contribution < -0.4 is 0 Å². The molecule has 78 valence electrons. The lowest BCUT2D eigenvalue weighted by molar-refractivity contribution is -0.135. The van der Waals surface area contributed by atoms with Gasteiger partial charge in [-0.1, -0.05) is 30.3 Å². The highest BCUT2D eigenvalue weighted by Crippen LogP contribution is 2.27. The molecule has 0 fully saturated rings. The van der Waals surface area contributed by atoms with Gasteiger partial charge in [0.15, 0.2) is 0 Å². The van der Waals surface area contributed by atoms with E-state index in [-0.39, 0.29) is 5.91 Å². The Morgan fingerprint density at radius 1 is 1.40 bits per heavy atom. The molecule has 0 saturated carbocycles. The zero-order chi connectivity index (χ0) is 10.8. The van der Waals surface area contributed by atoms with Crippen molar-refractivity contribution in [3.63, 3.8) is 0 Å². The molecule has 0 spiro atoms. The van der Waals surface area contributed by atoms with Gasteiger partial charge in [0.05, 0.1) is 0 Å². The fourth-order valence-electron chi connectivity index (χ4n) is 1.50. The molecular weight excluding hydrogens is 192 g/mol. The topological polar surface area (TPSA) is 41.9 Å². The molecule has 0 aliphatic carbocycles. The van der Waals surface area contributed by atoms with Crippen molar-refractivity contribution in [2.45, 2.75) is 20.1 Å². The maximum absolute atomic E-state index is 11.3. The van der Waals surface area contributed by atoms with E-state index in [4.69, 9.17) is 4.74 Å². The van der Waals surface area contributed by atoms with Crippen LogP contribution in [0.2, 0.25) is 0 Å². The van der Waals surface area contributed by atoms with E-state index in [2.05, 4.69) is 5.10 Å². The summed E-state index contributed by atoms with van der Waals surface area (Å²) in [6.45, 7) is 3.21. The number of hydrazone groups is 1. The number of amides is 1. The largest absolute Gasteiger partial charge is 0.450 e. The molecule has 0 radical (unpaired) electrons. The Kier molecular flexibility index (Phi) is 2.41. The standard InChI is InChI=1S/C11H12N2O2/c1-8-12-13(9(2)14)11(15-8)10-6-4-3-5-7-10/h3-7,11H,1-2H3/t11-/m0/s1. The SMILES string of the molecule is CC(=O)N1N=C(C)O[C@H]1c1ccccc1. The fraction of sp³-hybridized carbons (Fsp3) is 0.273. The molecule has 0 bridgehead atoms. The molecule has 4 heteroatoms. The average molecular weight is 204 g/mol. The van der Waals surface area contributed by atoms with E-state index >= 15 is 0 Å². The molecule has 0 aromatic heterocycles. The number of carbonyl (C=O) groups excluding carboxylic acids is 1. The minimum Gasteiger partial charge on any atom is -0.450 e. The van der Waals surface area contributed by atoms with Crippen molar-refractivity contribution in [2.75, 3.05) is 0 Å². The first kappa shape index (κ1) is 9.71. The van der Waals surface area contributed by atoms with Crippen LogP contribution in [-0.2, 0) is 9.53 Å². The fourth-order valence-corrected chi connectivity index (χ4v) is 1.50. The Bertz CT molecular complexity index is 400. The molecule has 1 amide bonds. The smallest absolute Gasteiger partial charge is 0.243 e. The maximum Gasteiger partial charge on any atom is 0.243 e. The van der Waals surface area contributed by atoms with Gasteiger partial charge in [-0.05, 0) is 0 Å². The van der Waals surface area contributed by atoms with Crippen LogP contribution in [0.5, 0.6) is 0 Å². The van der Waals surface area contributed by atoms with Crippen LogP contribution in [0.4, 0.5) is 0 Å². The first-order valence-electron chi connectivity index (χ1n) is 4.75. The van der Waals surface area contributed by atoms with Crippen LogP contribution in [-0.4, -0.2) is 16.8 Å². The van der Waals surface area contributed by atoms with E-state index in [0.29, 0.717) is 5.90 Å². The van der Waals surface area contributed by atoms with Crippen LogP contribution in [0.3, 0.4) is 0 Å². The summed E-state index contributed by atoms with van der Waals surface area (Å²) >= 11 is 0. The van der Waals surface area contributed by atoms with E-state index in [9.17, 15) is 4.79 Å². The molecular formula is C11H12N2O2. The molecule has 1 aliphatic heterocycles. The quantitative estimate of drug-likeness (QED) is 0.701. The summed E-state index contributed by atoms with van der Waals surface area (Å²) < 4.78 is 5.48. The number of benzene rings is 1. The average Bonchev–Trinajstić information content (AvgIpc) is 2.62. The third kappa shape index (κ3) is 1.83. The second-order valence-corrected chi connectivity index (χ2v) is 3.36. The highest BCUT2D eigenvalue weighted by Gasteiger charge is 2.30. The Hall–Kier alpha value is -1.84. The normalized spacial score (nSPS) is 19.7. The van der Waals surface area contributed by atoms with Crippen molar-refractivity contribution in [2.24, 2.45) is 5.10 Å². The van der Waals surface area contributed by atoms with Gasteiger partial charge in [-0.3, -0.25) is 4.79 Å². The number of ether oxygens (including phenoxy) is 1. The van der Waals surface area contributed by atoms with Gasteiger partial charge in [-0.25, -0.2) is 0 Å². The van der Waals surface area contributed by atoms with Gasteiger partial charge >= 0.3 is 0 Å². The summed E-state index contributed by atoms with van der Waals surface area (Å²) in [4.78, 5) is 11.3. The van der Waals surface area contributed by atoms with Gasteiger partial charge < -0.3 is 4.74 Å². The first-order valence-corrected chi connectivity index (χ1v) is 4.75. The van der Waals surface area contributed by atoms with Gasteiger partial charge in [0.25, 0.3) is 0 Å². The van der Waals surface area contributed by atoms with Crippen molar-refractivity contribution in [3.8, 4) is 0 Å². The number of nitrogens with zero attached hydrogens (tertiary/aromatic N) is 2. The van der Waals surface area contributed by atoms with Crippen LogP contribution in [0.15, 0.2) is 35.4 Å². The van der Waals surface area contributed by atoms with Crippen LogP contribution in [0.25, 0.3) is 0 Å². The molecule has 1 heterocycles. The lowest BCUT2D eigenvalue weighted by atomic mass is 10.2. The Balaban J connectivity index is 2.28. The summed E-state index contributed by atoms with van der Waals surface area (Å²) in [7, 11) is 0. The minimum absolute atomic E-state index is 0.124. The molecule has 0 unspecified atom stereocenters. The molecule has 0 saturated heterocycles. The van der Waals surface area contributed by atoms with Crippen molar-refractivity contribution in [1.82, 2.24) is 5.01 Å². The van der Waals surface area contributed by atoms with Crippen molar-refractivity contribution in [1.29, 1.82) is 0 Å².